The van der Waals surface area contributed by atoms with Gasteiger partial charge in [-0.15, -0.1) is 0 Å². The molecule has 1 aliphatic rings. The molecule has 0 amide bonds. The van der Waals surface area contributed by atoms with E-state index >= 15 is 0 Å². The number of alkyl halides is 1. The standard InChI is InChI=1S/C14H22FNO/c1-10-7-12(14(15)8-11(10)2)9-13(17)5-6-16(3)4/h7,11,14H,1,5-6,8-9H2,2-4H3. The number of Topliss-reactive ketones (excluding diaryl/α,β-unsaturated/α-hetero) is 1. The van der Waals surface area contributed by atoms with Crippen molar-refractivity contribution in [3.8, 4) is 0 Å². The van der Waals surface area contributed by atoms with Gasteiger partial charge in [0.2, 0.25) is 0 Å². The highest BCUT2D eigenvalue weighted by Crippen LogP contribution is 2.31. The fourth-order valence-electron chi connectivity index (χ4n) is 1.91. The summed E-state index contributed by atoms with van der Waals surface area (Å²) in [7, 11) is 3.85. The van der Waals surface area contributed by atoms with Gasteiger partial charge in [0.25, 0.3) is 0 Å². The minimum atomic E-state index is -0.973. The molecular weight excluding hydrogens is 217 g/mol. The predicted octanol–water partition coefficient (Wildman–Crippen LogP) is 2.76. The van der Waals surface area contributed by atoms with Gasteiger partial charge >= 0.3 is 0 Å². The van der Waals surface area contributed by atoms with Crippen molar-refractivity contribution in [3.05, 3.63) is 23.8 Å². The van der Waals surface area contributed by atoms with Crippen molar-refractivity contribution in [3.63, 3.8) is 0 Å². The smallest absolute Gasteiger partial charge is 0.138 e. The van der Waals surface area contributed by atoms with Gasteiger partial charge in [0, 0.05) is 19.4 Å². The number of rotatable bonds is 5. The summed E-state index contributed by atoms with van der Waals surface area (Å²) in [6.07, 6.45) is 1.98. The zero-order valence-corrected chi connectivity index (χ0v) is 11.0. The van der Waals surface area contributed by atoms with Crippen LogP contribution in [0.3, 0.4) is 0 Å². The zero-order valence-electron chi connectivity index (χ0n) is 11.0. The van der Waals surface area contributed by atoms with E-state index in [1.165, 1.54) is 0 Å². The van der Waals surface area contributed by atoms with Crippen molar-refractivity contribution in [2.24, 2.45) is 5.92 Å². The van der Waals surface area contributed by atoms with Crippen LogP contribution in [0.15, 0.2) is 23.8 Å². The fourth-order valence-corrected chi connectivity index (χ4v) is 1.91. The summed E-state index contributed by atoms with van der Waals surface area (Å²) in [5.41, 5.74) is 1.55. The Morgan fingerprint density at radius 2 is 2.24 bits per heavy atom. The van der Waals surface area contributed by atoms with Gasteiger partial charge in [-0.05, 0) is 32.0 Å². The van der Waals surface area contributed by atoms with Gasteiger partial charge in [0.1, 0.15) is 12.0 Å². The summed E-state index contributed by atoms with van der Waals surface area (Å²) in [4.78, 5) is 13.6. The highest BCUT2D eigenvalue weighted by Gasteiger charge is 2.24. The molecule has 0 saturated heterocycles. The molecule has 0 radical (unpaired) electrons. The lowest BCUT2D eigenvalue weighted by Gasteiger charge is -2.24. The molecule has 0 saturated carbocycles. The number of ketones is 1. The molecule has 0 spiro atoms. The summed E-state index contributed by atoms with van der Waals surface area (Å²) in [6.45, 7) is 6.59. The first-order chi connectivity index (χ1) is 7.90. The van der Waals surface area contributed by atoms with Crippen molar-refractivity contribution >= 4 is 5.78 Å². The second-order valence-corrected chi connectivity index (χ2v) is 5.17. The SMILES string of the molecule is C=C1C=C(CC(=O)CCN(C)C)C(F)CC1C. The van der Waals surface area contributed by atoms with Crippen LogP contribution >= 0.6 is 0 Å². The number of carbonyl (C=O) groups excluding carboxylic acids is 1. The molecule has 0 aromatic carbocycles. The zero-order chi connectivity index (χ0) is 13.0. The van der Waals surface area contributed by atoms with Gasteiger partial charge < -0.3 is 4.90 Å². The second kappa shape index (κ2) is 6.10. The van der Waals surface area contributed by atoms with Crippen LogP contribution in [0.2, 0.25) is 0 Å². The number of hydrogen-bond acceptors (Lipinski definition) is 2. The van der Waals surface area contributed by atoms with Crippen LogP contribution in [0.25, 0.3) is 0 Å². The lowest BCUT2D eigenvalue weighted by molar-refractivity contribution is -0.118. The molecule has 3 heteroatoms. The molecule has 17 heavy (non-hydrogen) atoms. The molecule has 0 fully saturated rings. The average Bonchev–Trinajstić information content (AvgIpc) is 2.23. The summed E-state index contributed by atoms with van der Waals surface area (Å²) >= 11 is 0. The van der Waals surface area contributed by atoms with Gasteiger partial charge in [-0.2, -0.15) is 0 Å². The third kappa shape index (κ3) is 4.43. The highest BCUT2D eigenvalue weighted by atomic mass is 19.1. The van der Waals surface area contributed by atoms with Crippen LogP contribution in [0.5, 0.6) is 0 Å². The van der Waals surface area contributed by atoms with Gasteiger partial charge in [0.05, 0.1) is 0 Å². The Balaban J connectivity index is 2.53. The monoisotopic (exact) mass is 239 g/mol. The number of carbonyl (C=O) groups is 1. The summed E-state index contributed by atoms with van der Waals surface area (Å²) in [6, 6.07) is 0. The molecule has 2 nitrogen and oxygen atoms in total. The van der Waals surface area contributed by atoms with Gasteiger partial charge in [0.15, 0.2) is 0 Å². The summed E-state index contributed by atoms with van der Waals surface area (Å²) in [5.74, 6) is 0.292. The molecule has 0 aromatic heterocycles. The van der Waals surface area contributed by atoms with E-state index in [1.54, 1.807) is 6.08 Å². The molecule has 0 N–H and O–H groups in total. The quantitative estimate of drug-likeness (QED) is 0.735. The molecule has 2 atom stereocenters. The summed E-state index contributed by atoms with van der Waals surface area (Å²) in [5, 5.41) is 0. The average molecular weight is 239 g/mol. The number of halogens is 1. The first kappa shape index (κ1) is 14.1. The van der Waals surface area contributed by atoms with E-state index < -0.39 is 6.17 Å². The van der Waals surface area contributed by atoms with Crippen LogP contribution < -0.4 is 0 Å². The van der Waals surface area contributed by atoms with Crippen LogP contribution in [-0.2, 0) is 4.79 Å². The molecule has 0 aromatic rings. The number of nitrogens with zero attached hydrogens (tertiary/aromatic N) is 1. The third-order valence-corrected chi connectivity index (χ3v) is 3.21. The molecule has 0 aliphatic heterocycles. The van der Waals surface area contributed by atoms with E-state index in [9.17, 15) is 9.18 Å². The largest absolute Gasteiger partial charge is 0.309 e. The maximum Gasteiger partial charge on any atom is 0.138 e. The van der Waals surface area contributed by atoms with E-state index in [1.807, 2.05) is 25.9 Å². The molecule has 0 heterocycles. The topological polar surface area (TPSA) is 20.3 Å². The van der Waals surface area contributed by atoms with Gasteiger partial charge in [-0.1, -0.05) is 25.2 Å². The molecule has 1 aliphatic carbocycles. The van der Waals surface area contributed by atoms with Crippen molar-refractivity contribution in [2.75, 3.05) is 20.6 Å². The summed E-state index contributed by atoms with van der Waals surface area (Å²) < 4.78 is 13.8. The van der Waals surface area contributed by atoms with Gasteiger partial charge in [-0.25, -0.2) is 4.39 Å². The Morgan fingerprint density at radius 3 is 2.82 bits per heavy atom. The van der Waals surface area contributed by atoms with Crippen molar-refractivity contribution in [1.29, 1.82) is 0 Å². The second-order valence-electron chi connectivity index (χ2n) is 5.17. The Kier molecular flexibility index (Phi) is 5.06. The first-order valence-electron chi connectivity index (χ1n) is 6.10. The van der Waals surface area contributed by atoms with E-state index in [2.05, 4.69) is 6.58 Å². The predicted molar refractivity (Wildman–Crippen MR) is 68.7 cm³/mol. The van der Waals surface area contributed by atoms with E-state index in [-0.39, 0.29) is 18.1 Å². The minimum absolute atomic E-state index is 0.106. The normalized spacial score (nSPS) is 25.0. The lowest BCUT2D eigenvalue weighted by Crippen LogP contribution is -2.21. The number of allylic oxidation sites excluding steroid dienone is 3. The molecule has 1 rings (SSSR count). The lowest BCUT2D eigenvalue weighted by atomic mass is 9.84. The maximum absolute atomic E-state index is 13.8. The fraction of sp³-hybridized carbons (Fsp3) is 0.643. The van der Waals surface area contributed by atoms with Crippen molar-refractivity contribution in [1.82, 2.24) is 4.90 Å². The molecular formula is C14H22FNO. The third-order valence-electron chi connectivity index (χ3n) is 3.21. The Bertz CT molecular complexity index is 333. The van der Waals surface area contributed by atoms with Gasteiger partial charge in [-0.3, -0.25) is 4.79 Å². The Morgan fingerprint density at radius 1 is 1.59 bits per heavy atom. The van der Waals surface area contributed by atoms with Crippen molar-refractivity contribution in [2.45, 2.75) is 32.4 Å². The van der Waals surface area contributed by atoms with Crippen LogP contribution in [0.1, 0.15) is 26.2 Å². The van der Waals surface area contributed by atoms with E-state index in [0.717, 1.165) is 12.1 Å². The molecule has 0 bridgehead atoms. The van der Waals surface area contributed by atoms with Crippen LogP contribution in [0.4, 0.5) is 4.39 Å². The van der Waals surface area contributed by atoms with Crippen LogP contribution in [0, 0.1) is 5.92 Å². The van der Waals surface area contributed by atoms with Crippen molar-refractivity contribution < 1.29 is 9.18 Å². The Hall–Kier alpha value is -0.960. The molecule has 2 unspecified atom stereocenters. The maximum atomic E-state index is 13.8. The van der Waals surface area contributed by atoms with Crippen LogP contribution in [-0.4, -0.2) is 37.5 Å². The first-order valence-corrected chi connectivity index (χ1v) is 6.10. The van der Waals surface area contributed by atoms with E-state index in [4.69, 9.17) is 0 Å². The highest BCUT2D eigenvalue weighted by molar-refractivity contribution is 5.81. The Labute approximate surface area is 103 Å². The number of hydrogen-bond donors (Lipinski definition) is 0. The van der Waals surface area contributed by atoms with E-state index in [0.29, 0.717) is 18.4 Å². The minimum Gasteiger partial charge on any atom is -0.309 e. The molecule has 96 valence electrons.